The van der Waals surface area contributed by atoms with Crippen molar-refractivity contribution in [2.24, 2.45) is 0 Å². The van der Waals surface area contributed by atoms with Crippen molar-refractivity contribution in [3.05, 3.63) is 71.1 Å². The Hall–Kier alpha value is -4.10. The minimum Gasteiger partial charge on any atom is -0.491 e. The molecule has 4 aromatic rings. The summed E-state index contributed by atoms with van der Waals surface area (Å²) in [6.07, 6.45) is 8.44. The molecule has 1 aliphatic carbocycles. The predicted molar refractivity (Wildman–Crippen MR) is 182 cm³/mol. The van der Waals surface area contributed by atoms with Crippen molar-refractivity contribution in [1.29, 1.82) is 0 Å². The Labute approximate surface area is 284 Å². The fourth-order valence-electron chi connectivity index (χ4n) is 7.16. The number of nitrogens with zero attached hydrogens (tertiary/aromatic N) is 7. The van der Waals surface area contributed by atoms with Crippen LogP contribution in [-0.2, 0) is 17.6 Å². The topological polar surface area (TPSA) is 136 Å². The average Bonchev–Trinajstić information content (AvgIpc) is 3.76. The average molecular weight is 672 g/mol. The molecule has 0 radical (unpaired) electrons. The van der Waals surface area contributed by atoms with Crippen LogP contribution in [0.15, 0.2) is 47.6 Å². The van der Waals surface area contributed by atoms with Gasteiger partial charge in [-0.1, -0.05) is 41.2 Å². The summed E-state index contributed by atoms with van der Waals surface area (Å²) in [5.41, 5.74) is 5.55. The van der Waals surface area contributed by atoms with Gasteiger partial charge in [-0.2, -0.15) is 5.21 Å². The molecule has 5 heterocycles. The Bertz CT molecular complexity index is 1760. The van der Waals surface area contributed by atoms with Crippen molar-refractivity contribution < 1.29 is 14.3 Å². The molecule has 0 bridgehead atoms. The number of fused-ring (bicyclic) bond motifs is 2. The van der Waals surface area contributed by atoms with E-state index in [2.05, 4.69) is 67.6 Å². The van der Waals surface area contributed by atoms with Crippen LogP contribution in [0.2, 0.25) is 0 Å². The third-order valence-electron chi connectivity index (χ3n) is 9.74. The van der Waals surface area contributed by atoms with Gasteiger partial charge in [-0.05, 0) is 108 Å². The van der Waals surface area contributed by atoms with Crippen molar-refractivity contribution in [2.45, 2.75) is 93.6 Å². The fourth-order valence-corrected chi connectivity index (χ4v) is 8.52. The number of benzene rings is 1. The highest BCUT2D eigenvalue weighted by Gasteiger charge is 2.43. The summed E-state index contributed by atoms with van der Waals surface area (Å²) in [5.74, 6) is -0.353. The quantitative estimate of drug-likeness (QED) is 0.219. The van der Waals surface area contributed by atoms with E-state index in [1.165, 1.54) is 29.9 Å². The molecule has 1 aromatic carbocycles. The minimum atomic E-state index is -0.765. The number of hydrogen-bond acceptors (Lipinski definition) is 10. The lowest BCUT2D eigenvalue weighted by Gasteiger charge is -2.38. The van der Waals surface area contributed by atoms with Gasteiger partial charge >= 0.3 is 0 Å². The van der Waals surface area contributed by atoms with Crippen molar-refractivity contribution >= 4 is 23.4 Å². The molecule has 1 saturated heterocycles. The number of likely N-dealkylation sites (tertiary alicyclic amines) is 1. The van der Waals surface area contributed by atoms with Gasteiger partial charge in [-0.15, -0.1) is 10.2 Å². The highest BCUT2D eigenvalue weighted by molar-refractivity contribution is 8.01. The maximum Gasteiger partial charge on any atom is 0.254 e. The molecule has 252 valence electrons. The third-order valence-corrected chi connectivity index (χ3v) is 10.9. The van der Waals surface area contributed by atoms with Crippen LogP contribution in [0, 0.1) is 5.82 Å². The Morgan fingerprint density at radius 3 is 2.60 bits per heavy atom. The molecule has 48 heavy (non-hydrogen) atoms. The number of aromatic hydroxyl groups is 1. The van der Waals surface area contributed by atoms with E-state index in [0.29, 0.717) is 11.5 Å². The van der Waals surface area contributed by atoms with Gasteiger partial charge in [0.05, 0.1) is 11.7 Å². The van der Waals surface area contributed by atoms with E-state index in [1.54, 1.807) is 11.8 Å². The predicted octanol–water partition coefficient (Wildman–Crippen LogP) is 5.54. The Kier molecular flexibility index (Phi) is 9.08. The molecule has 2 aliphatic heterocycles. The van der Waals surface area contributed by atoms with E-state index in [9.17, 15) is 14.3 Å². The zero-order valence-corrected chi connectivity index (χ0v) is 28.4. The molecule has 7 rings (SSSR count). The first kappa shape index (κ1) is 32.4. The van der Waals surface area contributed by atoms with Gasteiger partial charge in [0.1, 0.15) is 5.03 Å². The molecule has 0 saturated carbocycles. The number of aromatic amines is 1. The normalized spacial score (nSPS) is 19.2. The van der Waals surface area contributed by atoms with Crippen molar-refractivity contribution in [3.8, 4) is 17.0 Å². The van der Waals surface area contributed by atoms with Gasteiger partial charge in [0.2, 0.25) is 5.88 Å². The van der Waals surface area contributed by atoms with E-state index in [4.69, 9.17) is 4.98 Å². The summed E-state index contributed by atoms with van der Waals surface area (Å²) in [7, 11) is 0. The van der Waals surface area contributed by atoms with Crippen LogP contribution < -0.4 is 10.2 Å². The number of aromatic nitrogens is 6. The van der Waals surface area contributed by atoms with Gasteiger partial charge in [-0.3, -0.25) is 4.79 Å². The van der Waals surface area contributed by atoms with E-state index < -0.39 is 17.1 Å². The van der Waals surface area contributed by atoms with Crippen LogP contribution in [0.3, 0.4) is 0 Å². The van der Waals surface area contributed by atoms with Crippen LogP contribution in [-0.4, -0.2) is 77.1 Å². The minimum absolute atomic E-state index is 0.0411. The van der Waals surface area contributed by atoms with E-state index in [-0.39, 0.29) is 17.5 Å². The second-order valence-electron chi connectivity index (χ2n) is 14.0. The maximum atomic E-state index is 14.3. The number of pyridine rings is 2. The SMILES string of the molecule is CC(C)(C)N1c2cc3c(nc2S[C@@H]1C(=O)N[C@H](CCN1CCC(c2nn[nH]n2)CC1)c1ccc(-c2cnc(O)c(F)c2)cc1)CCCC3. The van der Waals surface area contributed by atoms with Gasteiger partial charge in [0, 0.05) is 35.5 Å². The number of piperidine rings is 1. The van der Waals surface area contributed by atoms with E-state index in [0.717, 1.165) is 85.8 Å². The number of carbonyl (C=O) groups excluding carboxylic acids is 1. The van der Waals surface area contributed by atoms with Crippen LogP contribution in [0.1, 0.15) is 87.5 Å². The number of nitrogens with one attached hydrogen (secondary N) is 2. The summed E-state index contributed by atoms with van der Waals surface area (Å²) in [6.45, 7) is 9.10. The van der Waals surface area contributed by atoms with Gasteiger partial charge in [0.25, 0.3) is 5.91 Å². The highest BCUT2D eigenvalue weighted by Crippen LogP contribution is 2.47. The Morgan fingerprint density at radius 2 is 1.90 bits per heavy atom. The van der Waals surface area contributed by atoms with Gasteiger partial charge < -0.3 is 20.2 Å². The zero-order chi connectivity index (χ0) is 33.4. The first-order valence-corrected chi connectivity index (χ1v) is 17.7. The fraction of sp³-hybridized carbons (Fsp3) is 0.486. The van der Waals surface area contributed by atoms with Crippen molar-refractivity contribution in [3.63, 3.8) is 0 Å². The molecule has 1 amide bonds. The van der Waals surface area contributed by atoms with Crippen LogP contribution in [0.4, 0.5) is 10.1 Å². The summed E-state index contributed by atoms with van der Waals surface area (Å²) >= 11 is 1.55. The summed E-state index contributed by atoms with van der Waals surface area (Å²) in [5, 5.41) is 28.1. The molecule has 2 atom stereocenters. The number of thioether (sulfide) groups is 1. The first-order chi connectivity index (χ1) is 23.1. The van der Waals surface area contributed by atoms with Crippen molar-refractivity contribution in [1.82, 2.24) is 40.8 Å². The Morgan fingerprint density at radius 1 is 1.12 bits per heavy atom. The second kappa shape index (κ2) is 13.4. The van der Waals surface area contributed by atoms with E-state index in [1.807, 2.05) is 24.3 Å². The molecule has 3 N–H and O–H groups in total. The smallest absolute Gasteiger partial charge is 0.254 e. The molecular weight excluding hydrogens is 630 g/mol. The summed E-state index contributed by atoms with van der Waals surface area (Å²) in [6, 6.07) is 11.1. The molecular formula is C35H42FN9O2S. The van der Waals surface area contributed by atoms with Gasteiger partial charge in [0.15, 0.2) is 17.0 Å². The van der Waals surface area contributed by atoms with E-state index >= 15 is 0 Å². The maximum absolute atomic E-state index is 14.3. The van der Waals surface area contributed by atoms with Gasteiger partial charge in [-0.25, -0.2) is 14.4 Å². The monoisotopic (exact) mass is 671 g/mol. The standard InChI is InChI=1S/C35H42FN9O2S/c1-35(2,3)45-29-19-24-6-4-5-7-27(24)39-33(29)48-34(45)32(47)38-28(14-17-44-15-12-23(13-16-44)30-40-42-43-41-30)22-10-8-21(9-11-22)25-18-26(36)31(46)37-20-25/h8-11,18-20,23,28,34H,4-7,12-17H2,1-3H3,(H,37,46)(H,38,47)(H,40,41,42,43)/t28-,34-/m1/s1. The lowest BCUT2D eigenvalue weighted by Crippen LogP contribution is -2.52. The largest absolute Gasteiger partial charge is 0.491 e. The molecule has 13 heteroatoms. The molecule has 0 spiro atoms. The Balaban J connectivity index is 1.11. The second-order valence-corrected chi connectivity index (χ2v) is 15.1. The lowest BCUT2D eigenvalue weighted by atomic mass is 9.95. The first-order valence-electron chi connectivity index (χ1n) is 16.8. The van der Waals surface area contributed by atoms with Crippen LogP contribution in [0.25, 0.3) is 11.1 Å². The molecule has 11 nitrogen and oxygen atoms in total. The number of carbonyl (C=O) groups is 1. The number of hydrogen-bond donors (Lipinski definition) is 3. The van der Waals surface area contributed by atoms with Crippen LogP contribution >= 0.6 is 11.8 Å². The summed E-state index contributed by atoms with van der Waals surface area (Å²) in [4.78, 5) is 27.9. The number of halogens is 1. The highest BCUT2D eigenvalue weighted by atomic mass is 32.2. The number of rotatable bonds is 8. The van der Waals surface area contributed by atoms with Crippen LogP contribution in [0.5, 0.6) is 5.88 Å². The number of amides is 1. The number of tetrazole rings is 1. The number of anilines is 1. The molecule has 3 aromatic heterocycles. The third kappa shape index (κ3) is 6.75. The molecule has 1 fully saturated rings. The summed E-state index contributed by atoms with van der Waals surface area (Å²) < 4.78 is 14.1. The zero-order valence-electron chi connectivity index (χ0n) is 27.6. The molecule has 0 unspecified atom stereocenters. The number of aryl methyl sites for hydroxylation is 2. The number of H-pyrrole nitrogens is 1. The lowest BCUT2D eigenvalue weighted by molar-refractivity contribution is -0.121. The molecule has 3 aliphatic rings. The van der Waals surface area contributed by atoms with Crippen molar-refractivity contribution in [2.75, 3.05) is 24.5 Å².